The second-order valence-electron chi connectivity index (χ2n) is 6.41. The van der Waals surface area contributed by atoms with Crippen LogP contribution < -0.4 is 16.0 Å². The van der Waals surface area contributed by atoms with Crippen LogP contribution in [0.25, 0.3) is 0 Å². The Morgan fingerprint density at radius 3 is 2.42 bits per heavy atom. The number of likely N-dealkylation sites (tertiary alicyclic amines) is 1. The van der Waals surface area contributed by atoms with Gasteiger partial charge in [-0.05, 0) is 42.8 Å². The number of thiocarbonyl (C=S) groups is 1. The Morgan fingerprint density at radius 1 is 1.27 bits per heavy atom. The third-order valence-corrected chi connectivity index (χ3v) is 4.85. The lowest BCUT2D eigenvalue weighted by molar-refractivity contribution is -0.128. The molecule has 0 spiro atoms. The maximum atomic E-state index is 13.0. The first-order chi connectivity index (χ1) is 12.4. The molecule has 1 aliphatic heterocycles. The fourth-order valence-corrected chi connectivity index (χ4v) is 3.18. The van der Waals surface area contributed by atoms with Crippen molar-refractivity contribution in [3.63, 3.8) is 0 Å². The number of hydrogen-bond acceptors (Lipinski definition) is 3. The van der Waals surface area contributed by atoms with E-state index in [1.807, 2.05) is 0 Å². The maximum Gasteiger partial charge on any atom is 0.243 e. The van der Waals surface area contributed by atoms with Gasteiger partial charge in [0.25, 0.3) is 0 Å². The maximum absolute atomic E-state index is 13.0. The number of amides is 2. The number of piperidine rings is 1. The molecule has 2 amide bonds. The summed E-state index contributed by atoms with van der Waals surface area (Å²) in [4.78, 5) is 26.2. The fourth-order valence-electron chi connectivity index (χ4n) is 3.00. The van der Waals surface area contributed by atoms with Crippen LogP contribution in [0.3, 0.4) is 0 Å². The lowest BCUT2D eigenvalue weighted by Crippen LogP contribution is -2.53. The first-order valence-electron chi connectivity index (χ1n) is 8.67. The van der Waals surface area contributed by atoms with Crippen LogP contribution in [0, 0.1) is 5.82 Å². The summed E-state index contributed by atoms with van der Waals surface area (Å²) >= 11 is 5.23. The summed E-state index contributed by atoms with van der Waals surface area (Å²) in [7, 11) is 1.80. The number of nitrogens with one attached hydrogen (secondary N) is 3. The largest absolute Gasteiger partial charge is 0.366 e. The van der Waals surface area contributed by atoms with Crippen LogP contribution in [-0.4, -0.2) is 54.0 Å². The third-order valence-electron chi connectivity index (χ3n) is 4.39. The summed E-state index contributed by atoms with van der Waals surface area (Å²) in [5.74, 6) is -0.832. The van der Waals surface area contributed by atoms with Crippen LogP contribution in [0.5, 0.6) is 0 Å². The fraction of sp³-hybridized carbons (Fsp3) is 0.500. The van der Waals surface area contributed by atoms with Gasteiger partial charge in [-0.2, -0.15) is 0 Å². The molecular formula is C18H25FN4O2S. The molecule has 0 bridgehead atoms. The minimum atomic E-state index is -0.686. The lowest BCUT2D eigenvalue weighted by Gasteiger charge is -2.34. The topological polar surface area (TPSA) is 73.5 Å². The summed E-state index contributed by atoms with van der Waals surface area (Å²) < 4.78 is 13.0. The molecule has 0 aromatic heterocycles. The normalized spacial score (nSPS) is 15.9. The number of nitrogens with zero attached hydrogens (tertiary/aromatic N) is 1. The predicted molar refractivity (Wildman–Crippen MR) is 102 cm³/mol. The molecule has 3 N–H and O–H groups in total. The molecule has 1 saturated heterocycles. The van der Waals surface area contributed by atoms with Crippen LogP contribution in [0.1, 0.15) is 25.3 Å². The molecule has 0 saturated carbocycles. The highest BCUT2D eigenvalue weighted by molar-refractivity contribution is 7.80. The molecule has 6 nitrogen and oxygen atoms in total. The summed E-state index contributed by atoms with van der Waals surface area (Å²) in [5.41, 5.74) is 0.787. The number of halogens is 1. The number of benzene rings is 1. The Kier molecular flexibility index (Phi) is 7.32. The zero-order valence-corrected chi connectivity index (χ0v) is 15.9. The molecule has 0 unspecified atom stereocenters. The van der Waals surface area contributed by atoms with Crippen molar-refractivity contribution in [2.75, 3.05) is 20.1 Å². The molecule has 26 heavy (non-hydrogen) atoms. The number of carbonyl (C=O) groups excluding carboxylic acids is 2. The van der Waals surface area contributed by atoms with Gasteiger partial charge in [0.15, 0.2) is 5.11 Å². The number of carbonyl (C=O) groups is 2. The van der Waals surface area contributed by atoms with Gasteiger partial charge in [0.1, 0.15) is 11.9 Å². The number of hydrogen-bond donors (Lipinski definition) is 3. The van der Waals surface area contributed by atoms with Gasteiger partial charge in [0.05, 0.1) is 0 Å². The lowest BCUT2D eigenvalue weighted by atomic mass is 10.0. The highest BCUT2D eigenvalue weighted by atomic mass is 32.1. The van der Waals surface area contributed by atoms with Crippen molar-refractivity contribution in [2.45, 2.75) is 38.3 Å². The van der Waals surface area contributed by atoms with Crippen molar-refractivity contribution in [3.8, 4) is 0 Å². The van der Waals surface area contributed by atoms with Crippen LogP contribution in [0.4, 0.5) is 4.39 Å². The van der Waals surface area contributed by atoms with Gasteiger partial charge in [-0.1, -0.05) is 12.1 Å². The second-order valence-corrected chi connectivity index (χ2v) is 6.80. The van der Waals surface area contributed by atoms with E-state index in [0.717, 1.165) is 31.5 Å². The molecular weight excluding hydrogens is 355 g/mol. The van der Waals surface area contributed by atoms with E-state index in [2.05, 4.69) is 20.9 Å². The van der Waals surface area contributed by atoms with E-state index < -0.39 is 6.04 Å². The summed E-state index contributed by atoms with van der Waals surface area (Å²) in [6.45, 7) is 2.92. The van der Waals surface area contributed by atoms with Crippen LogP contribution >= 0.6 is 12.2 Å². The van der Waals surface area contributed by atoms with Gasteiger partial charge in [-0.3, -0.25) is 9.59 Å². The Labute approximate surface area is 158 Å². The van der Waals surface area contributed by atoms with E-state index in [-0.39, 0.29) is 23.7 Å². The van der Waals surface area contributed by atoms with Gasteiger partial charge in [0, 0.05) is 39.5 Å². The van der Waals surface area contributed by atoms with Gasteiger partial charge >= 0.3 is 0 Å². The van der Waals surface area contributed by atoms with E-state index in [1.165, 1.54) is 19.1 Å². The Bertz CT molecular complexity index is 645. The molecule has 2 rings (SSSR count). The Hall–Kier alpha value is -2.22. The van der Waals surface area contributed by atoms with Gasteiger partial charge in [-0.25, -0.2) is 4.39 Å². The molecule has 1 atom stereocenters. The van der Waals surface area contributed by atoms with Crippen LogP contribution in [-0.2, 0) is 16.0 Å². The summed E-state index contributed by atoms with van der Waals surface area (Å²) in [6.07, 6.45) is 1.89. The van der Waals surface area contributed by atoms with Crippen LogP contribution in [0.15, 0.2) is 24.3 Å². The Morgan fingerprint density at radius 2 is 1.88 bits per heavy atom. The SMILES string of the molecule is CNC(=S)N1CCC(NC(=O)[C@@H](Cc2ccc(F)cc2)NC(C)=O)CC1. The molecule has 142 valence electrons. The molecule has 8 heteroatoms. The van der Waals surface area contributed by atoms with Gasteiger partial charge < -0.3 is 20.9 Å². The molecule has 1 fully saturated rings. The highest BCUT2D eigenvalue weighted by Gasteiger charge is 2.26. The molecule has 1 aliphatic rings. The molecule has 0 radical (unpaired) electrons. The smallest absolute Gasteiger partial charge is 0.243 e. The monoisotopic (exact) mass is 380 g/mol. The van der Waals surface area contributed by atoms with Crippen molar-refractivity contribution in [2.24, 2.45) is 0 Å². The molecule has 1 heterocycles. The van der Waals surface area contributed by atoms with E-state index in [1.54, 1.807) is 19.2 Å². The van der Waals surface area contributed by atoms with Crippen molar-refractivity contribution >= 4 is 29.1 Å². The molecule has 1 aromatic carbocycles. The first-order valence-corrected chi connectivity index (χ1v) is 9.08. The van der Waals surface area contributed by atoms with E-state index in [9.17, 15) is 14.0 Å². The van der Waals surface area contributed by atoms with Crippen molar-refractivity contribution in [1.82, 2.24) is 20.9 Å². The van der Waals surface area contributed by atoms with E-state index in [4.69, 9.17) is 12.2 Å². The molecule has 1 aromatic rings. The minimum Gasteiger partial charge on any atom is -0.366 e. The average Bonchev–Trinajstić information content (AvgIpc) is 2.62. The van der Waals surface area contributed by atoms with Crippen LogP contribution in [0.2, 0.25) is 0 Å². The second kappa shape index (κ2) is 9.47. The van der Waals surface area contributed by atoms with Gasteiger partial charge in [0.2, 0.25) is 11.8 Å². The van der Waals surface area contributed by atoms with E-state index in [0.29, 0.717) is 11.5 Å². The quantitative estimate of drug-likeness (QED) is 0.664. The summed E-state index contributed by atoms with van der Waals surface area (Å²) in [5, 5.41) is 9.37. The molecule has 0 aliphatic carbocycles. The zero-order chi connectivity index (χ0) is 19.1. The van der Waals surface area contributed by atoms with Crippen molar-refractivity contribution < 1.29 is 14.0 Å². The zero-order valence-electron chi connectivity index (χ0n) is 15.0. The van der Waals surface area contributed by atoms with Crippen molar-refractivity contribution in [3.05, 3.63) is 35.6 Å². The standard InChI is InChI=1S/C18H25FN4O2S/c1-12(24)21-16(11-13-3-5-14(19)6-4-13)17(25)22-15-7-9-23(10-8-15)18(26)20-2/h3-6,15-16H,7-11H2,1-2H3,(H,20,26)(H,21,24)(H,22,25)/t16-/m1/s1. The Balaban J connectivity index is 1.93. The first kappa shape index (κ1) is 20.1. The highest BCUT2D eigenvalue weighted by Crippen LogP contribution is 2.12. The third kappa shape index (κ3) is 5.94. The predicted octanol–water partition coefficient (Wildman–Crippen LogP) is 0.958. The number of rotatable bonds is 5. The van der Waals surface area contributed by atoms with E-state index >= 15 is 0 Å². The average molecular weight is 380 g/mol. The summed E-state index contributed by atoms with van der Waals surface area (Å²) in [6, 6.07) is 5.29. The van der Waals surface area contributed by atoms with Gasteiger partial charge in [-0.15, -0.1) is 0 Å². The minimum absolute atomic E-state index is 0.0443. The van der Waals surface area contributed by atoms with Crippen molar-refractivity contribution in [1.29, 1.82) is 0 Å².